The van der Waals surface area contributed by atoms with E-state index in [0.29, 0.717) is 12.0 Å². The Hall–Kier alpha value is -2.22. The van der Waals surface area contributed by atoms with Crippen LogP contribution < -0.4 is 4.90 Å². The molecule has 1 amide bonds. The number of hydrogen-bond acceptors (Lipinski definition) is 6. The summed E-state index contributed by atoms with van der Waals surface area (Å²) < 4.78 is 1.93. The third kappa shape index (κ3) is 2.94. The van der Waals surface area contributed by atoms with Gasteiger partial charge in [0.25, 0.3) is 0 Å². The highest BCUT2D eigenvalue weighted by Gasteiger charge is 2.38. The molecule has 0 radical (unpaired) electrons. The van der Waals surface area contributed by atoms with Crippen LogP contribution in [0, 0.1) is 0 Å². The molecule has 1 saturated carbocycles. The summed E-state index contributed by atoms with van der Waals surface area (Å²) in [7, 11) is 4.04. The first-order valence-electron chi connectivity index (χ1n) is 10.6. The van der Waals surface area contributed by atoms with E-state index in [2.05, 4.69) is 27.0 Å². The number of nitrogens with zero attached hydrogens (tertiary/aromatic N) is 7. The minimum absolute atomic E-state index is 0.0122. The van der Waals surface area contributed by atoms with Gasteiger partial charge in [0.05, 0.1) is 6.04 Å². The van der Waals surface area contributed by atoms with E-state index in [1.807, 2.05) is 28.6 Å². The monoisotopic (exact) mass is 383 g/mol. The van der Waals surface area contributed by atoms with Crippen molar-refractivity contribution in [1.82, 2.24) is 29.6 Å². The van der Waals surface area contributed by atoms with Crippen LogP contribution in [0.2, 0.25) is 0 Å². The van der Waals surface area contributed by atoms with Crippen molar-refractivity contribution in [3.63, 3.8) is 0 Å². The minimum atomic E-state index is 0.0122. The summed E-state index contributed by atoms with van der Waals surface area (Å²) >= 11 is 0. The van der Waals surface area contributed by atoms with Gasteiger partial charge in [0.2, 0.25) is 5.91 Å². The molecule has 150 valence electrons. The fourth-order valence-electron chi connectivity index (χ4n) is 4.59. The Morgan fingerprint density at radius 1 is 1.07 bits per heavy atom. The third-order valence-corrected chi connectivity index (χ3v) is 6.88. The smallest absolute Gasteiger partial charge is 0.239 e. The van der Waals surface area contributed by atoms with Crippen molar-refractivity contribution in [2.75, 3.05) is 38.6 Å². The van der Waals surface area contributed by atoms with Gasteiger partial charge in [-0.1, -0.05) is 6.42 Å². The number of likely N-dealkylation sites (N-methyl/N-ethyl adjacent to an activating group) is 2. The fraction of sp³-hybridized carbons (Fsp3) is 0.700. The molecular formula is C20H29N7O. The summed E-state index contributed by atoms with van der Waals surface area (Å²) in [5.41, 5.74) is 0.826. The molecule has 8 heteroatoms. The molecule has 1 unspecified atom stereocenters. The maximum Gasteiger partial charge on any atom is 0.239 e. The van der Waals surface area contributed by atoms with Crippen LogP contribution in [0.5, 0.6) is 0 Å². The van der Waals surface area contributed by atoms with Crippen molar-refractivity contribution in [2.24, 2.45) is 0 Å². The molecule has 4 heterocycles. The van der Waals surface area contributed by atoms with Gasteiger partial charge in [-0.05, 0) is 51.3 Å². The van der Waals surface area contributed by atoms with E-state index >= 15 is 0 Å². The van der Waals surface area contributed by atoms with Gasteiger partial charge < -0.3 is 9.80 Å². The number of aromatic nitrogens is 4. The summed E-state index contributed by atoms with van der Waals surface area (Å²) in [6, 6.07) is 4.45. The second-order valence-electron chi connectivity index (χ2n) is 8.64. The van der Waals surface area contributed by atoms with Crippen LogP contribution in [0.25, 0.3) is 5.65 Å². The van der Waals surface area contributed by atoms with Gasteiger partial charge in [0.1, 0.15) is 5.82 Å². The third-order valence-electron chi connectivity index (χ3n) is 6.88. The molecule has 2 aliphatic heterocycles. The van der Waals surface area contributed by atoms with Crippen LogP contribution in [0.1, 0.15) is 50.3 Å². The number of amides is 1. The molecule has 2 saturated heterocycles. The molecule has 2 aromatic heterocycles. The van der Waals surface area contributed by atoms with Crippen LogP contribution >= 0.6 is 0 Å². The second kappa shape index (κ2) is 6.99. The number of likely N-dealkylation sites (tertiary alicyclic amines) is 1. The van der Waals surface area contributed by atoms with Crippen LogP contribution in [-0.4, -0.2) is 81.3 Å². The lowest BCUT2D eigenvalue weighted by Gasteiger charge is -2.47. The molecule has 1 aliphatic carbocycles. The Kier molecular flexibility index (Phi) is 4.45. The summed E-state index contributed by atoms with van der Waals surface area (Å²) in [5, 5.41) is 13.5. The van der Waals surface area contributed by atoms with Gasteiger partial charge in [-0.3, -0.25) is 9.69 Å². The van der Waals surface area contributed by atoms with Gasteiger partial charge in [-0.25, -0.2) is 0 Å². The maximum atomic E-state index is 12.7. The fourth-order valence-corrected chi connectivity index (χ4v) is 4.59. The molecule has 0 N–H and O–H groups in total. The van der Waals surface area contributed by atoms with E-state index in [0.717, 1.165) is 56.2 Å². The Bertz CT molecular complexity index is 871. The zero-order valence-electron chi connectivity index (χ0n) is 16.8. The molecule has 2 aromatic rings. The maximum absolute atomic E-state index is 12.7. The lowest BCUT2D eigenvalue weighted by atomic mass is 9.85. The summed E-state index contributed by atoms with van der Waals surface area (Å²) in [4.78, 5) is 19.2. The largest absolute Gasteiger partial charge is 0.352 e. The van der Waals surface area contributed by atoms with E-state index < -0.39 is 0 Å². The van der Waals surface area contributed by atoms with Gasteiger partial charge >= 0.3 is 0 Å². The Labute approximate surface area is 165 Å². The van der Waals surface area contributed by atoms with Gasteiger partial charge in [0.15, 0.2) is 11.5 Å². The first-order chi connectivity index (χ1) is 13.6. The number of anilines is 1. The predicted octanol–water partition coefficient (Wildman–Crippen LogP) is 1.52. The van der Waals surface area contributed by atoms with Crippen molar-refractivity contribution in [3.05, 3.63) is 18.0 Å². The van der Waals surface area contributed by atoms with Gasteiger partial charge in [-0.2, -0.15) is 4.52 Å². The average Bonchev–Trinajstić information content (AvgIpc) is 2.93. The van der Waals surface area contributed by atoms with Crippen molar-refractivity contribution < 1.29 is 4.79 Å². The Morgan fingerprint density at radius 3 is 2.64 bits per heavy atom. The van der Waals surface area contributed by atoms with Crippen molar-refractivity contribution in [1.29, 1.82) is 0 Å². The molecule has 3 aliphatic rings. The molecule has 5 rings (SSSR count). The second-order valence-corrected chi connectivity index (χ2v) is 8.64. The van der Waals surface area contributed by atoms with Crippen LogP contribution in [0.4, 0.5) is 5.82 Å². The van der Waals surface area contributed by atoms with Crippen molar-refractivity contribution in [2.45, 2.75) is 56.5 Å². The Morgan fingerprint density at radius 2 is 1.89 bits per heavy atom. The number of hydrogen-bond donors (Lipinski definition) is 0. The number of rotatable bonds is 4. The predicted molar refractivity (Wildman–Crippen MR) is 106 cm³/mol. The zero-order chi connectivity index (χ0) is 19.3. The van der Waals surface area contributed by atoms with Gasteiger partial charge in [-0.15, -0.1) is 15.3 Å². The number of carbonyl (C=O) groups excluding carboxylic acids is 1. The molecule has 28 heavy (non-hydrogen) atoms. The molecule has 8 nitrogen and oxygen atoms in total. The highest BCUT2D eigenvalue weighted by atomic mass is 16.2. The van der Waals surface area contributed by atoms with E-state index in [1.165, 1.54) is 19.3 Å². The highest BCUT2D eigenvalue weighted by Crippen LogP contribution is 2.35. The molecule has 3 fully saturated rings. The topological polar surface area (TPSA) is 69.9 Å². The highest BCUT2D eigenvalue weighted by molar-refractivity contribution is 5.82. The standard InChI is InChI=1S/C20H29N7O/c1-24-11-4-3-8-16(20(24)28)25(2)15-12-26(13-15)18-10-9-17-21-22-19(27(17)23-18)14-6-5-7-14/h9-10,14-16H,3-8,11-13H2,1-2H3. The number of carbonyl (C=O) groups is 1. The van der Waals surface area contributed by atoms with E-state index in [1.54, 1.807) is 0 Å². The molecule has 0 aromatic carbocycles. The van der Waals surface area contributed by atoms with Crippen molar-refractivity contribution >= 4 is 17.4 Å². The molecule has 1 atom stereocenters. The zero-order valence-corrected chi connectivity index (χ0v) is 16.8. The Balaban J connectivity index is 1.28. The van der Waals surface area contributed by atoms with Crippen LogP contribution in [-0.2, 0) is 4.79 Å². The van der Waals surface area contributed by atoms with Crippen molar-refractivity contribution in [3.8, 4) is 0 Å². The quantitative estimate of drug-likeness (QED) is 0.797. The first kappa shape index (κ1) is 17.8. The SMILES string of the molecule is CN1CCCCC(N(C)C2CN(c3ccc4nnc(C5CCC5)n4n3)C2)C1=O. The van der Waals surface area contributed by atoms with Crippen LogP contribution in [0.15, 0.2) is 12.1 Å². The van der Waals surface area contributed by atoms with E-state index in [9.17, 15) is 4.79 Å². The van der Waals surface area contributed by atoms with Gasteiger partial charge in [0, 0.05) is 38.6 Å². The lowest BCUT2D eigenvalue weighted by Crippen LogP contribution is -2.62. The minimum Gasteiger partial charge on any atom is -0.352 e. The normalized spacial score (nSPS) is 24.5. The average molecular weight is 384 g/mol. The summed E-state index contributed by atoms with van der Waals surface area (Å²) in [6.45, 7) is 2.69. The summed E-state index contributed by atoms with van der Waals surface area (Å²) in [6.07, 6.45) is 6.84. The molecule has 0 bridgehead atoms. The number of fused-ring (bicyclic) bond motifs is 1. The summed E-state index contributed by atoms with van der Waals surface area (Å²) in [5.74, 6) is 2.75. The molecular weight excluding hydrogens is 354 g/mol. The van der Waals surface area contributed by atoms with Crippen LogP contribution in [0.3, 0.4) is 0 Å². The lowest BCUT2D eigenvalue weighted by molar-refractivity contribution is -0.135. The molecule has 0 spiro atoms. The van der Waals surface area contributed by atoms with E-state index in [4.69, 9.17) is 5.10 Å². The first-order valence-corrected chi connectivity index (χ1v) is 10.6. The van der Waals surface area contributed by atoms with E-state index in [-0.39, 0.29) is 11.9 Å².